The van der Waals surface area contributed by atoms with Crippen molar-refractivity contribution in [3.63, 3.8) is 0 Å². The predicted molar refractivity (Wildman–Crippen MR) is 85.6 cm³/mol. The van der Waals surface area contributed by atoms with Crippen molar-refractivity contribution in [2.45, 2.75) is 70.2 Å². The third-order valence-corrected chi connectivity index (χ3v) is 4.72. The van der Waals surface area contributed by atoms with E-state index in [1.165, 1.54) is 0 Å². The molecule has 2 N–H and O–H groups in total. The highest BCUT2D eigenvalue weighted by Crippen LogP contribution is 2.47. The minimum Gasteiger partial charge on any atom is -0.481 e. The van der Waals surface area contributed by atoms with Gasteiger partial charge in [0.1, 0.15) is 0 Å². The first-order valence-corrected chi connectivity index (χ1v) is 8.50. The summed E-state index contributed by atoms with van der Waals surface area (Å²) in [6, 6.07) is 0. The monoisotopic (exact) mass is 308 g/mol. The number of rotatable bonds is 9. The van der Waals surface area contributed by atoms with Crippen molar-refractivity contribution in [2.24, 2.45) is 11.8 Å². The average Bonchev–Trinajstić information content (AvgIpc) is 2.96. The molecule has 2 bridgehead atoms. The van der Waals surface area contributed by atoms with Crippen LogP contribution in [0.3, 0.4) is 0 Å². The van der Waals surface area contributed by atoms with E-state index in [1.807, 2.05) is 0 Å². The molecule has 1 aliphatic carbocycles. The third kappa shape index (κ3) is 4.43. The van der Waals surface area contributed by atoms with Gasteiger partial charge in [-0.15, -0.1) is 0 Å². The maximum absolute atomic E-state index is 10.4. The highest BCUT2D eigenvalue weighted by Gasteiger charge is 2.52. The largest absolute Gasteiger partial charge is 0.481 e. The molecule has 1 saturated heterocycles. The van der Waals surface area contributed by atoms with E-state index in [1.54, 1.807) is 0 Å². The van der Waals surface area contributed by atoms with Gasteiger partial charge in [-0.25, -0.2) is 0 Å². The molecule has 5 atom stereocenters. The number of aliphatic hydroxyl groups is 1. The lowest BCUT2D eigenvalue weighted by atomic mass is 9.90. The molecule has 124 valence electrons. The van der Waals surface area contributed by atoms with Crippen molar-refractivity contribution in [1.29, 1.82) is 0 Å². The van der Waals surface area contributed by atoms with Gasteiger partial charge < -0.3 is 14.9 Å². The van der Waals surface area contributed by atoms with E-state index in [2.05, 4.69) is 31.2 Å². The molecule has 1 saturated carbocycles. The molecule has 0 radical (unpaired) electrons. The maximum Gasteiger partial charge on any atom is 0.303 e. The molecule has 0 aromatic rings. The van der Waals surface area contributed by atoms with Gasteiger partial charge in [-0.1, -0.05) is 31.2 Å². The molecule has 0 aromatic carbocycles. The number of ether oxygens (including phenoxy) is 1. The Balaban J connectivity index is 1.78. The van der Waals surface area contributed by atoms with Crippen LogP contribution in [-0.4, -0.2) is 34.5 Å². The number of fused-ring (bicyclic) bond motifs is 2. The summed E-state index contributed by atoms with van der Waals surface area (Å²) in [5.41, 5.74) is 0. The number of aliphatic hydroxyl groups excluding tert-OH is 1. The number of hydrogen-bond donors (Lipinski definition) is 2. The van der Waals surface area contributed by atoms with E-state index in [0.29, 0.717) is 11.8 Å². The van der Waals surface area contributed by atoms with E-state index in [-0.39, 0.29) is 24.7 Å². The van der Waals surface area contributed by atoms with Gasteiger partial charge in [0.05, 0.1) is 18.3 Å². The first kappa shape index (κ1) is 17.2. The Morgan fingerprint density at radius 3 is 2.82 bits per heavy atom. The Labute approximate surface area is 132 Å². The normalized spacial score (nSPS) is 34.2. The van der Waals surface area contributed by atoms with Gasteiger partial charge in [-0.3, -0.25) is 4.79 Å². The van der Waals surface area contributed by atoms with Gasteiger partial charge in [0.15, 0.2) is 0 Å². The molecule has 2 fully saturated rings. The van der Waals surface area contributed by atoms with Gasteiger partial charge in [0.2, 0.25) is 0 Å². The molecular weight excluding hydrogens is 280 g/mol. The fourth-order valence-electron chi connectivity index (χ4n) is 3.63. The fourth-order valence-corrected chi connectivity index (χ4v) is 3.63. The highest BCUT2D eigenvalue weighted by molar-refractivity contribution is 5.66. The van der Waals surface area contributed by atoms with Crippen LogP contribution in [-0.2, 0) is 9.53 Å². The second-order valence-corrected chi connectivity index (χ2v) is 6.37. The van der Waals surface area contributed by atoms with Crippen LogP contribution in [0.1, 0.15) is 51.9 Å². The number of allylic oxidation sites excluding steroid dienone is 2. The summed E-state index contributed by atoms with van der Waals surface area (Å²) >= 11 is 0. The number of aliphatic carboxylic acids is 1. The second kappa shape index (κ2) is 8.49. The summed E-state index contributed by atoms with van der Waals surface area (Å²) in [5, 5.41) is 18.6. The quantitative estimate of drug-likeness (QED) is 0.506. The summed E-state index contributed by atoms with van der Waals surface area (Å²) in [6.07, 6.45) is 14.1. The van der Waals surface area contributed by atoms with Gasteiger partial charge in [0.25, 0.3) is 0 Å². The maximum atomic E-state index is 10.4. The molecule has 0 amide bonds. The number of carbonyl (C=O) groups is 1. The van der Waals surface area contributed by atoms with Crippen LogP contribution in [0.2, 0.25) is 0 Å². The summed E-state index contributed by atoms with van der Waals surface area (Å²) < 4.78 is 6.01. The first-order valence-electron chi connectivity index (χ1n) is 8.50. The van der Waals surface area contributed by atoms with Crippen LogP contribution >= 0.6 is 0 Å². The Hall–Kier alpha value is -1.13. The number of hydrogen-bond acceptors (Lipinski definition) is 3. The Bertz CT molecular complexity index is 415. The standard InChI is InChI=1S/C18H28O4/c1-2-3-6-10-16-14-12-15(19)18(22-16)13(14)9-7-4-5-8-11-17(20)21/h3,6-7,9,13-16,18-19H,2,4-5,8,10-12H2,1H3,(H,20,21)/b6-3-,9-7-. The van der Waals surface area contributed by atoms with E-state index >= 15 is 0 Å². The van der Waals surface area contributed by atoms with Crippen LogP contribution < -0.4 is 0 Å². The zero-order chi connectivity index (χ0) is 15.9. The van der Waals surface area contributed by atoms with E-state index in [9.17, 15) is 9.90 Å². The van der Waals surface area contributed by atoms with Crippen LogP contribution in [0.15, 0.2) is 24.3 Å². The molecule has 1 aliphatic heterocycles. The second-order valence-electron chi connectivity index (χ2n) is 6.37. The SMILES string of the molecule is CC/C=C\CC1OC2C(O)CC1C2/C=C\CCCCC(=O)O. The molecule has 5 unspecified atom stereocenters. The number of carboxylic acid groups (broad SMARTS) is 1. The summed E-state index contributed by atoms with van der Waals surface area (Å²) in [7, 11) is 0. The average molecular weight is 308 g/mol. The van der Waals surface area contributed by atoms with Crippen molar-refractivity contribution in [1.82, 2.24) is 0 Å². The first-order chi connectivity index (χ1) is 10.6. The van der Waals surface area contributed by atoms with Gasteiger partial charge in [-0.2, -0.15) is 0 Å². The molecule has 22 heavy (non-hydrogen) atoms. The number of unbranched alkanes of at least 4 members (excludes halogenated alkanes) is 2. The topological polar surface area (TPSA) is 66.8 Å². The Kier molecular flexibility index (Phi) is 6.65. The molecule has 2 rings (SSSR count). The van der Waals surface area contributed by atoms with Gasteiger partial charge in [-0.05, 0) is 44.4 Å². The Morgan fingerprint density at radius 2 is 2.09 bits per heavy atom. The van der Waals surface area contributed by atoms with Crippen molar-refractivity contribution in [2.75, 3.05) is 0 Å². The predicted octanol–water partition coefficient (Wildman–Crippen LogP) is 3.31. The van der Waals surface area contributed by atoms with E-state index in [4.69, 9.17) is 9.84 Å². The molecule has 4 heteroatoms. The van der Waals surface area contributed by atoms with Crippen molar-refractivity contribution in [3.05, 3.63) is 24.3 Å². The van der Waals surface area contributed by atoms with Crippen molar-refractivity contribution >= 4 is 5.97 Å². The zero-order valence-electron chi connectivity index (χ0n) is 13.4. The van der Waals surface area contributed by atoms with Gasteiger partial charge >= 0.3 is 5.97 Å². The van der Waals surface area contributed by atoms with Crippen LogP contribution in [0.4, 0.5) is 0 Å². The fraction of sp³-hybridized carbons (Fsp3) is 0.722. The summed E-state index contributed by atoms with van der Waals surface area (Å²) in [6.45, 7) is 2.12. The highest BCUT2D eigenvalue weighted by atomic mass is 16.5. The number of carboxylic acids is 1. The van der Waals surface area contributed by atoms with Crippen LogP contribution in [0.25, 0.3) is 0 Å². The van der Waals surface area contributed by atoms with Crippen molar-refractivity contribution in [3.8, 4) is 0 Å². The lowest BCUT2D eigenvalue weighted by molar-refractivity contribution is -0.137. The molecule has 4 nitrogen and oxygen atoms in total. The van der Waals surface area contributed by atoms with Crippen molar-refractivity contribution < 1.29 is 19.7 Å². The third-order valence-electron chi connectivity index (χ3n) is 4.72. The Morgan fingerprint density at radius 1 is 1.27 bits per heavy atom. The zero-order valence-corrected chi connectivity index (χ0v) is 13.4. The van der Waals surface area contributed by atoms with Crippen LogP contribution in [0, 0.1) is 11.8 Å². The smallest absolute Gasteiger partial charge is 0.303 e. The lowest BCUT2D eigenvalue weighted by Crippen LogP contribution is -2.30. The minimum absolute atomic E-state index is 0.0553. The molecule has 2 aliphatic rings. The van der Waals surface area contributed by atoms with Gasteiger partial charge in [0, 0.05) is 12.3 Å². The molecule has 0 spiro atoms. The van der Waals surface area contributed by atoms with E-state index in [0.717, 1.165) is 38.5 Å². The summed E-state index contributed by atoms with van der Waals surface area (Å²) in [4.78, 5) is 10.4. The lowest BCUT2D eigenvalue weighted by Gasteiger charge is -2.24. The van der Waals surface area contributed by atoms with Crippen LogP contribution in [0.5, 0.6) is 0 Å². The summed E-state index contributed by atoms with van der Waals surface area (Å²) in [5.74, 6) is 0.00333. The molecular formula is C18H28O4. The molecule has 1 heterocycles. The minimum atomic E-state index is -0.725. The van der Waals surface area contributed by atoms with E-state index < -0.39 is 5.97 Å². The molecule has 0 aromatic heterocycles.